The summed E-state index contributed by atoms with van der Waals surface area (Å²) >= 11 is 0. The molecule has 1 N–H and O–H groups in total. The van der Waals surface area contributed by atoms with Crippen LogP contribution in [0.4, 0.5) is 0 Å². The number of benzene rings is 1. The molecule has 2 aliphatic heterocycles. The summed E-state index contributed by atoms with van der Waals surface area (Å²) in [6, 6.07) is 9.81. The van der Waals surface area contributed by atoms with E-state index in [9.17, 15) is 0 Å². The highest BCUT2D eigenvalue weighted by atomic mass is 16.5. The number of hydrogen-bond donors (Lipinski definition) is 1. The van der Waals surface area contributed by atoms with Crippen molar-refractivity contribution in [1.82, 2.24) is 10.2 Å². The fraction of sp³-hybridized carbons (Fsp3) is 0.667. The van der Waals surface area contributed by atoms with Gasteiger partial charge in [0.05, 0.1) is 6.61 Å². The zero-order chi connectivity index (χ0) is 14.8. The van der Waals surface area contributed by atoms with Crippen LogP contribution in [0, 0.1) is 5.92 Å². The molecule has 0 aromatic heterocycles. The van der Waals surface area contributed by atoms with Gasteiger partial charge in [-0.2, -0.15) is 0 Å². The van der Waals surface area contributed by atoms with Gasteiger partial charge in [0.15, 0.2) is 0 Å². The summed E-state index contributed by atoms with van der Waals surface area (Å²) < 4.78 is 5.80. The van der Waals surface area contributed by atoms with Gasteiger partial charge in [-0.3, -0.25) is 4.90 Å². The normalized spacial score (nSPS) is 30.0. The van der Waals surface area contributed by atoms with Crippen LogP contribution in [0.5, 0.6) is 5.75 Å². The summed E-state index contributed by atoms with van der Waals surface area (Å²) in [6.07, 6.45) is 1.14. The third kappa shape index (κ3) is 3.24. The summed E-state index contributed by atoms with van der Waals surface area (Å²) in [6.45, 7) is 11.3. The summed E-state index contributed by atoms with van der Waals surface area (Å²) in [4.78, 5) is 2.67. The molecule has 1 aromatic rings. The third-order valence-corrected chi connectivity index (χ3v) is 5.07. The second-order valence-electron chi connectivity index (χ2n) is 6.93. The van der Waals surface area contributed by atoms with E-state index in [-0.39, 0.29) is 0 Å². The molecule has 1 saturated heterocycles. The minimum Gasteiger partial charge on any atom is -0.493 e. The average molecular weight is 288 g/mol. The van der Waals surface area contributed by atoms with Crippen LogP contribution >= 0.6 is 0 Å². The van der Waals surface area contributed by atoms with Crippen LogP contribution in [0.1, 0.15) is 38.7 Å². The maximum Gasteiger partial charge on any atom is 0.122 e. The summed E-state index contributed by atoms with van der Waals surface area (Å²) in [5.74, 6) is 2.40. The second-order valence-corrected chi connectivity index (χ2v) is 6.93. The maximum absolute atomic E-state index is 5.80. The van der Waals surface area contributed by atoms with E-state index in [0.717, 1.165) is 31.9 Å². The Hall–Kier alpha value is -1.06. The number of ether oxygens (including phenoxy) is 1. The van der Waals surface area contributed by atoms with E-state index in [1.54, 1.807) is 0 Å². The molecule has 0 radical (unpaired) electrons. The number of piperazine rings is 1. The van der Waals surface area contributed by atoms with Gasteiger partial charge in [0, 0.05) is 37.6 Å². The first kappa shape index (κ1) is 14.9. The van der Waals surface area contributed by atoms with Gasteiger partial charge in [-0.1, -0.05) is 32.0 Å². The highest BCUT2D eigenvalue weighted by Crippen LogP contribution is 2.34. The Morgan fingerprint density at radius 1 is 1.33 bits per heavy atom. The van der Waals surface area contributed by atoms with Crippen molar-refractivity contribution in [2.24, 2.45) is 5.92 Å². The van der Waals surface area contributed by atoms with Gasteiger partial charge in [0.25, 0.3) is 0 Å². The zero-order valence-electron chi connectivity index (χ0n) is 13.5. The second kappa shape index (κ2) is 6.37. The number of nitrogens with one attached hydrogen (secondary N) is 1. The van der Waals surface area contributed by atoms with Crippen molar-refractivity contribution in [2.75, 3.05) is 26.2 Å². The number of rotatable bonds is 3. The predicted molar refractivity (Wildman–Crippen MR) is 87.0 cm³/mol. The van der Waals surface area contributed by atoms with E-state index in [0.29, 0.717) is 23.9 Å². The Balaban J connectivity index is 1.71. The Morgan fingerprint density at radius 2 is 2.14 bits per heavy atom. The SMILES string of the molecule is CC(C)C1CN(CC2CCOc3ccccc32)C(C)CN1. The van der Waals surface area contributed by atoms with Gasteiger partial charge < -0.3 is 10.1 Å². The molecule has 0 bridgehead atoms. The van der Waals surface area contributed by atoms with E-state index in [4.69, 9.17) is 4.74 Å². The standard InChI is InChI=1S/C18H28N2O/c1-13(2)17-12-20(14(3)10-19-17)11-15-8-9-21-18-7-5-4-6-16(15)18/h4-7,13-15,17,19H,8-12H2,1-3H3. The van der Waals surface area contributed by atoms with Crippen molar-refractivity contribution >= 4 is 0 Å². The van der Waals surface area contributed by atoms with Crippen LogP contribution in [0.25, 0.3) is 0 Å². The predicted octanol–water partition coefficient (Wildman–Crippen LogP) is 2.87. The lowest BCUT2D eigenvalue weighted by atomic mass is 9.91. The van der Waals surface area contributed by atoms with Crippen molar-refractivity contribution in [1.29, 1.82) is 0 Å². The van der Waals surface area contributed by atoms with Gasteiger partial charge in [0.2, 0.25) is 0 Å². The molecule has 3 unspecified atom stereocenters. The summed E-state index contributed by atoms with van der Waals surface area (Å²) in [5.41, 5.74) is 1.40. The molecule has 3 atom stereocenters. The summed E-state index contributed by atoms with van der Waals surface area (Å²) in [7, 11) is 0. The Labute approximate surface area is 128 Å². The lowest BCUT2D eigenvalue weighted by molar-refractivity contribution is 0.108. The van der Waals surface area contributed by atoms with Crippen LogP contribution in [0.2, 0.25) is 0 Å². The van der Waals surface area contributed by atoms with Gasteiger partial charge in [-0.05, 0) is 30.9 Å². The largest absolute Gasteiger partial charge is 0.493 e. The Morgan fingerprint density at radius 3 is 2.95 bits per heavy atom. The van der Waals surface area contributed by atoms with Gasteiger partial charge in [0.1, 0.15) is 5.75 Å². The minimum absolute atomic E-state index is 0.614. The fourth-order valence-electron chi connectivity index (χ4n) is 3.54. The maximum atomic E-state index is 5.80. The zero-order valence-corrected chi connectivity index (χ0v) is 13.5. The van der Waals surface area contributed by atoms with E-state index in [1.807, 2.05) is 0 Å². The number of para-hydroxylation sites is 1. The molecule has 0 amide bonds. The molecule has 3 rings (SSSR count). The summed E-state index contributed by atoms with van der Waals surface area (Å²) in [5, 5.41) is 3.69. The van der Waals surface area contributed by atoms with Gasteiger partial charge in [-0.25, -0.2) is 0 Å². The van der Waals surface area contributed by atoms with Crippen molar-refractivity contribution in [3.05, 3.63) is 29.8 Å². The quantitative estimate of drug-likeness (QED) is 0.925. The molecular weight excluding hydrogens is 260 g/mol. The first-order valence-electron chi connectivity index (χ1n) is 8.34. The molecule has 21 heavy (non-hydrogen) atoms. The third-order valence-electron chi connectivity index (χ3n) is 5.07. The van der Waals surface area contributed by atoms with E-state index >= 15 is 0 Å². The van der Waals surface area contributed by atoms with Crippen LogP contribution < -0.4 is 10.1 Å². The lowest BCUT2D eigenvalue weighted by Crippen LogP contribution is -2.57. The van der Waals surface area contributed by atoms with Crippen LogP contribution in [0.15, 0.2) is 24.3 Å². The average Bonchev–Trinajstić information content (AvgIpc) is 2.49. The van der Waals surface area contributed by atoms with Crippen molar-refractivity contribution in [2.45, 2.75) is 45.2 Å². The van der Waals surface area contributed by atoms with Crippen molar-refractivity contribution < 1.29 is 4.74 Å². The monoisotopic (exact) mass is 288 g/mol. The van der Waals surface area contributed by atoms with Crippen LogP contribution in [0.3, 0.4) is 0 Å². The van der Waals surface area contributed by atoms with Crippen molar-refractivity contribution in [3.63, 3.8) is 0 Å². The van der Waals surface area contributed by atoms with E-state index in [1.165, 1.54) is 12.1 Å². The molecule has 2 aliphatic rings. The van der Waals surface area contributed by atoms with Crippen molar-refractivity contribution in [3.8, 4) is 5.75 Å². The minimum atomic E-state index is 0.614. The lowest BCUT2D eigenvalue weighted by Gasteiger charge is -2.42. The Kier molecular flexibility index (Phi) is 4.51. The smallest absolute Gasteiger partial charge is 0.122 e. The highest BCUT2D eigenvalue weighted by Gasteiger charge is 2.30. The first-order chi connectivity index (χ1) is 10.1. The molecule has 0 spiro atoms. The number of fused-ring (bicyclic) bond motifs is 1. The van der Waals surface area contributed by atoms with Gasteiger partial charge >= 0.3 is 0 Å². The van der Waals surface area contributed by atoms with E-state index < -0.39 is 0 Å². The fourth-order valence-corrected chi connectivity index (χ4v) is 3.54. The number of hydrogen-bond acceptors (Lipinski definition) is 3. The number of nitrogens with zero attached hydrogens (tertiary/aromatic N) is 1. The molecular formula is C18H28N2O. The first-order valence-corrected chi connectivity index (χ1v) is 8.34. The highest BCUT2D eigenvalue weighted by molar-refractivity contribution is 5.38. The molecule has 2 heterocycles. The van der Waals surface area contributed by atoms with Gasteiger partial charge in [-0.15, -0.1) is 0 Å². The molecule has 1 fully saturated rings. The molecule has 1 aromatic carbocycles. The van der Waals surface area contributed by atoms with Crippen LogP contribution in [-0.4, -0.2) is 43.2 Å². The van der Waals surface area contributed by atoms with E-state index in [2.05, 4.69) is 55.3 Å². The molecule has 116 valence electrons. The molecule has 0 saturated carbocycles. The molecule has 3 nitrogen and oxygen atoms in total. The molecule has 0 aliphatic carbocycles. The Bertz CT molecular complexity index is 474. The molecule has 3 heteroatoms. The topological polar surface area (TPSA) is 24.5 Å². The van der Waals surface area contributed by atoms with Crippen LogP contribution in [-0.2, 0) is 0 Å².